The van der Waals surface area contributed by atoms with E-state index in [4.69, 9.17) is 0 Å². The van der Waals surface area contributed by atoms with Crippen molar-refractivity contribution >= 4 is 15.9 Å². The zero-order chi connectivity index (χ0) is 21.2. The molecule has 0 bridgehead atoms. The standard InChI is InChI=1S/C23H30N2O3S/c1-18-8-5-6-9-21(18)22(26)24-14-7-15-25(17-16-24)29(27,28)20-12-10-19(11-13-20)23(2,3)4/h5-6,8-13H,7,14-17H2,1-4H3. The van der Waals surface area contributed by atoms with Gasteiger partial charge in [-0.25, -0.2) is 8.42 Å². The Balaban J connectivity index is 1.74. The van der Waals surface area contributed by atoms with Crippen molar-refractivity contribution in [1.29, 1.82) is 0 Å². The molecule has 6 heteroatoms. The van der Waals surface area contributed by atoms with Crippen LogP contribution in [-0.4, -0.2) is 49.7 Å². The first-order valence-corrected chi connectivity index (χ1v) is 11.5. The second kappa shape index (κ2) is 8.28. The molecule has 156 valence electrons. The Hall–Kier alpha value is -2.18. The molecule has 0 aliphatic carbocycles. The third kappa shape index (κ3) is 4.70. The first kappa shape index (κ1) is 21.5. The van der Waals surface area contributed by atoms with Crippen LogP contribution in [0.4, 0.5) is 0 Å². The van der Waals surface area contributed by atoms with E-state index in [0.717, 1.165) is 11.1 Å². The number of hydrogen-bond acceptors (Lipinski definition) is 3. The van der Waals surface area contributed by atoms with Crippen LogP contribution in [-0.2, 0) is 15.4 Å². The van der Waals surface area contributed by atoms with Gasteiger partial charge in [-0.15, -0.1) is 0 Å². The molecule has 0 atom stereocenters. The summed E-state index contributed by atoms with van der Waals surface area (Å²) in [4.78, 5) is 15.0. The van der Waals surface area contributed by atoms with Crippen molar-refractivity contribution in [2.75, 3.05) is 26.2 Å². The number of benzene rings is 2. The zero-order valence-electron chi connectivity index (χ0n) is 17.7. The summed E-state index contributed by atoms with van der Waals surface area (Å²) in [6, 6.07) is 14.7. The SMILES string of the molecule is Cc1ccccc1C(=O)N1CCCN(S(=O)(=O)c2ccc(C(C)(C)C)cc2)CC1. The molecular weight excluding hydrogens is 384 g/mol. The smallest absolute Gasteiger partial charge is 0.254 e. The Morgan fingerprint density at radius 1 is 0.897 bits per heavy atom. The molecule has 5 nitrogen and oxygen atoms in total. The zero-order valence-corrected chi connectivity index (χ0v) is 18.5. The summed E-state index contributed by atoms with van der Waals surface area (Å²) in [5, 5.41) is 0. The molecule has 1 heterocycles. The molecule has 0 unspecified atom stereocenters. The van der Waals surface area contributed by atoms with Gasteiger partial charge >= 0.3 is 0 Å². The molecule has 0 aromatic heterocycles. The molecule has 0 spiro atoms. The maximum absolute atomic E-state index is 13.1. The largest absolute Gasteiger partial charge is 0.337 e. The Morgan fingerprint density at radius 3 is 2.17 bits per heavy atom. The van der Waals surface area contributed by atoms with Crippen LogP contribution < -0.4 is 0 Å². The maximum Gasteiger partial charge on any atom is 0.254 e. The number of hydrogen-bond donors (Lipinski definition) is 0. The second-order valence-corrected chi connectivity index (χ2v) is 10.6. The number of aryl methyl sites for hydroxylation is 1. The molecule has 0 radical (unpaired) electrons. The Kier molecular flexibility index (Phi) is 6.15. The van der Waals surface area contributed by atoms with Crippen molar-refractivity contribution in [3.05, 3.63) is 65.2 Å². The van der Waals surface area contributed by atoms with Gasteiger partial charge in [0, 0.05) is 31.7 Å². The number of sulfonamides is 1. The second-order valence-electron chi connectivity index (χ2n) is 8.64. The van der Waals surface area contributed by atoms with Crippen molar-refractivity contribution in [3.63, 3.8) is 0 Å². The fourth-order valence-electron chi connectivity index (χ4n) is 3.60. The lowest BCUT2D eigenvalue weighted by Gasteiger charge is -2.23. The highest BCUT2D eigenvalue weighted by Gasteiger charge is 2.29. The van der Waals surface area contributed by atoms with E-state index < -0.39 is 10.0 Å². The van der Waals surface area contributed by atoms with Gasteiger partial charge < -0.3 is 4.90 Å². The minimum absolute atomic E-state index is 0.0265. The summed E-state index contributed by atoms with van der Waals surface area (Å²) in [6.45, 7) is 9.90. The first-order valence-electron chi connectivity index (χ1n) is 10.1. The third-order valence-electron chi connectivity index (χ3n) is 5.48. The van der Waals surface area contributed by atoms with Gasteiger partial charge in [-0.3, -0.25) is 4.79 Å². The van der Waals surface area contributed by atoms with Crippen LogP contribution in [0, 0.1) is 6.92 Å². The molecule has 1 amide bonds. The monoisotopic (exact) mass is 414 g/mol. The van der Waals surface area contributed by atoms with E-state index in [0.29, 0.717) is 43.1 Å². The molecule has 0 saturated carbocycles. The normalized spacial score (nSPS) is 16.5. The van der Waals surface area contributed by atoms with Crippen molar-refractivity contribution in [2.45, 2.75) is 44.4 Å². The predicted octanol–water partition coefficient (Wildman–Crippen LogP) is 3.83. The molecule has 1 aliphatic rings. The fourth-order valence-corrected chi connectivity index (χ4v) is 5.07. The molecule has 3 rings (SSSR count). The molecule has 2 aromatic rings. The lowest BCUT2D eigenvalue weighted by atomic mass is 9.87. The van der Waals surface area contributed by atoms with Gasteiger partial charge in [-0.05, 0) is 48.1 Å². The van der Waals surface area contributed by atoms with E-state index in [1.165, 1.54) is 4.31 Å². The molecule has 0 N–H and O–H groups in total. The highest BCUT2D eigenvalue weighted by molar-refractivity contribution is 7.89. The lowest BCUT2D eigenvalue weighted by Crippen LogP contribution is -2.37. The average molecular weight is 415 g/mol. The summed E-state index contributed by atoms with van der Waals surface area (Å²) in [7, 11) is -3.57. The van der Waals surface area contributed by atoms with Crippen molar-refractivity contribution < 1.29 is 13.2 Å². The average Bonchev–Trinajstić information content (AvgIpc) is 2.94. The van der Waals surface area contributed by atoms with E-state index in [9.17, 15) is 13.2 Å². The van der Waals surface area contributed by atoms with Gasteiger partial charge in [0.2, 0.25) is 10.0 Å². The molecule has 29 heavy (non-hydrogen) atoms. The highest BCUT2D eigenvalue weighted by Crippen LogP contribution is 2.25. The minimum Gasteiger partial charge on any atom is -0.337 e. The van der Waals surface area contributed by atoms with Crippen LogP contribution in [0.25, 0.3) is 0 Å². The van der Waals surface area contributed by atoms with Gasteiger partial charge in [0.15, 0.2) is 0 Å². The van der Waals surface area contributed by atoms with Crippen LogP contribution in [0.3, 0.4) is 0 Å². The predicted molar refractivity (Wildman–Crippen MR) is 116 cm³/mol. The van der Waals surface area contributed by atoms with E-state index in [1.54, 1.807) is 17.0 Å². The lowest BCUT2D eigenvalue weighted by molar-refractivity contribution is 0.0763. The summed E-state index contributed by atoms with van der Waals surface area (Å²) in [5.74, 6) is -0.0307. The van der Waals surface area contributed by atoms with Crippen LogP contribution in [0.5, 0.6) is 0 Å². The van der Waals surface area contributed by atoms with Crippen molar-refractivity contribution in [2.24, 2.45) is 0 Å². The summed E-state index contributed by atoms with van der Waals surface area (Å²) < 4.78 is 27.8. The van der Waals surface area contributed by atoms with Gasteiger partial charge in [0.1, 0.15) is 0 Å². The van der Waals surface area contributed by atoms with E-state index in [1.807, 2.05) is 43.3 Å². The van der Waals surface area contributed by atoms with E-state index >= 15 is 0 Å². The highest BCUT2D eigenvalue weighted by atomic mass is 32.2. The third-order valence-corrected chi connectivity index (χ3v) is 7.39. The van der Waals surface area contributed by atoms with Gasteiger partial charge in [-0.2, -0.15) is 4.31 Å². The van der Waals surface area contributed by atoms with Gasteiger partial charge in [0.25, 0.3) is 5.91 Å². The Bertz CT molecular complexity index is 976. The maximum atomic E-state index is 13.1. The van der Waals surface area contributed by atoms with Gasteiger partial charge in [0.05, 0.1) is 4.90 Å². The summed E-state index contributed by atoms with van der Waals surface area (Å²) >= 11 is 0. The number of amides is 1. The van der Waals surface area contributed by atoms with Crippen LogP contribution >= 0.6 is 0 Å². The fraction of sp³-hybridized carbons (Fsp3) is 0.435. The minimum atomic E-state index is -3.57. The number of carbonyl (C=O) groups excluding carboxylic acids is 1. The van der Waals surface area contributed by atoms with Crippen LogP contribution in [0.1, 0.15) is 48.7 Å². The molecule has 2 aromatic carbocycles. The molecule has 1 saturated heterocycles. The number of nitrogens with zero attached hydrogens (tertiary/aromatic N) is 2. The van der Waals surface area contributed by atoms with Crippen molar-refractivity contribution in [1.82, 2.24) is 9.21 Å². The number of carbonyl (C=O) groups is 1. The Labute approximate surface area is 174 Å². The summed E-state index contributed by atoms with van der Waals surface area (Å²) in [5.41, 5.74) is 2.69. The summed E-state index contributed by atoms with van der Waals surface area (Å²) in [6.07, 6.45) is 0.622. The van der Waals surface area contributed by atoms with E-state index in [-0.39, 0.29) is 11.3 Å². The number of rotatable bonds is 3. The topological polar surface area (TPSA) is 57.7 Å². The van der Waals surface area contributed by atoms with E-state index in [2.05, 4.69) is 20.8 Å². The van der Waals surface area contributed by atoms with Crippen LogP contribution in [0.15, 0.2) is 53.4 Å². The van der Waals surface area contributed by atoms with Crippen LogP contribution in [0.2, 0.25) is 0 Å². The quantitative estimate of drug-likeness (QED) is 0.767. The Morgan fingerprint density at radius 2 is 1.55 bits per heavy atom. The molecule has 1 aliphatic heterocycles. The first-order chi connectivity index (χ1) is 13.6. The molecular formula is C23H30N2O3S. The van der Waals surface area contributed by atoms with Gasteiger partial charge in [-0.1, -0.05) is 51.1 Å². The molecule has 1 fully saturated rings. The van der Waals surface area contributed by atoms with Crippen molar-refractivity contribution in [3.8, 4) is 0 Å².